The first-order valence-electron chi connectivity index (χ1n) is 8.33. The summed E-state index contributed by atoms with van der Waals surface area (Å²) in [6.45, 7) is 0.245. The number of H-pyrrole nitrogens is 1. The van der Waals surface area contributed by atoms with Gasteiger partial charge in [0.15, 0.2) is 5.65 Å². The van der Waals surface area contributed by atoms with Crippen LogP contribution in [0.5, 0.6) is 0 Å². The van der Waals surface area contributed by atoms with Crippen LogP contribution in [-0.4, -0.2) is 32.5 Å². The Morgan fingerprint density at radius 3 is 2.42 bits per heavy atom. The molecule has 2 heterocycles. The number of hydrogen-bond donors (Lipinski definition) is 1. The summed E-state index contributed by atoms with van der Waals surface area (Å²) in [6.07, 6.45) is 3.05. The number of hydrogen-bond acceptors (Lipinski definition) is 5. The summed E-state index contributed by atoms with van der Waals surface area (Å²) >= 11 is 0. The van der Waals surface area contributed by atoms with Crippen LogP contribution in [0.1, 0.15) is 27.7 Å². The molecule has 0 atom stereocenters. The molecule has 4 aromatic rings. The van der Waals surface area contributed by atoms with E-state index in [1.54, 1.807) is 0 Å². The van der Waals surface area contributed by atoms with Gasteiger partial charge in [0, 0.05) is 5.92 Å². The van der Waals surface area contributed by atoms with Crippen molar-refractivity contribution in [3.8, 4) is 11.1 Å². The van der Waals surface area contributed by atoms with Crippen LogP contribution < -0.4 is 0 Å². The molecule has 6 nitrogen and oxygen atoms in total. The van der Waals surface area contributed by atoms with Crippen molar-refractivity contribution in [2.75, 3.05) is 6.61 Å². The zero-order valence-corrected chi connectivity index (χ0v) is 13.7. The van der Waals surface area contributed by atoms with Crippen LogP contribution in [0.2, 0.25) is 0 Å². The molecule has 1 N–H and O–H groups in total. The van der Waals surface area contributed by atoms with Gasteiger partial charge in [-0.25, -0.2) is 19.7 Å². The molecule has 126 valence electrons. The highest BCUT2D eigenvalue weighted by Crippen LogP contribution is 2.44. The molecule has 0 amide bonds. The van der Waals surface area contributed by atoms with Gasteiger partial charge in [-0.15, -0.1) is 0 Å². The predicted molar refractivity (Wildman–Crippen MR) is 95.7 cm³/mol. The molecule has 0 spiro atoms. The summed E-state index contributed by atoms with van der Waals surface area (Å²) in [5, 5.41) is 0. The van der Waals surface area contributed by atoms with E-state index in [4.69, 9.17) is 4.74 Å². The SMILES string of the molecule is O=C(OCC1c2ccccc2-c2ccccc21)c1ncc2[nH]cnc2n1. The first-order chi connectivity index (χ1) is 12.8. The van der Waals surface area contributed by atoms with Gasteiger partial charge >= 0.3 is 5.97 Å². The van der Waals surface area contributed by atoms with Gasteiger partial charge in [-0.3, -0.25) is 0 Å². The number of carbonyl (C=O) groups is 1. The first kappa shape index (κ1) is 14.8. The minimum absolute atomic E-state index is 0.0143. The number of aromatic amines is 1. The van der Waals surface area contributed by atoms with E-state index in [9.17, 15) is 4.79 Å². The summed E-state index contributed by atoms with van der Waals surface area (Å²) < 4.78 is 5.55. The second-order valence-corrected chi connectivity index (χ2v) is 6.16. The molecule has 0 radical (unpaired) electrons. The average Bonchev–Trinajstić information content (AvgIpc) is 3.28. The van der Waals surface area contributed by atoms with E-state index in [2.05, 4.69) is 44.2 Å². The van der Waals surface area contributed by atoms with Crippen molar-refractivity contribution in [2.24, 2.45) is 0 Å². The fraction of sp³-hybridized carbons (Fsp3) is 0.100. The molecule has 6 heteroatoms. The third kappa shape index (κ3) is 2.27. The quantitative estimate of drug-likeness (QED) is 0.578. The predicted octanol–water partition coefficient (Wildman–Crippen LogP) is 3.32. The topological polar surface area (TPSA) is 80.8 Å². The van der Waals surface area contributed by atoms with E-state index in [0.717, 1.165) is 0 Å². The Hall–Kier alpha value is -3.54. The minimum Gasteiger partial charge on any atom is -0.459 e. The van der Waals surface area contributed by atoms with Gasteiger partial charge in [-0.2, -0.15) is 0 Å². The monoisotopic (exact) mass is 342 g/mol. The lowest BCUT2D eigenvalue weighted by atomic mass is 9.98. The van der Waals surface area contributed by atoms with Crippen LogP contribution in [0.4, 0.5) is 0 Å². The normalized spacial score (nSPS) is 12.8. The minimum atomic E-state index is -0.545. The third-order valence-corrected chi connectivity index (χ3v) is 4.70. The number of ether oxygens (including phenoxy) is 1. The van der Waals surface area contributed by atoms with Crippen LogP contribution in [0, 0.1) is 0 Å². The first-order valence-corrected chi connectivity index (χ1v) is 8.33. The van der Waals surface area contributed by atoms with Crippen molar-refractivity contribution in [1.29, 1.82) is 0 Å². The highest BCUT2D eigenvalue weighted by atomic mass is 16.5. The molecule has 26 heavy (non-hydrogen) atoms. The Morgan fingerprint density at radius 1 is 1.00 bits per heavy atom. The largest absolute Gasteiger partial charge is 0.459 e. The van der Waals surface area contributed by atoms with E-state index in [-0.39, 0.29) is 18.3 Å². The maximum absolute atomic E-state index is 12.4. The van der Waals surface area contributed by atoms with E-state index in [0.29, 0.717) is 11.2 Å². The molecule has 1 aliphatic rings. The Bertz CT molecular complexity index is 1090. The number of esters is 1. The smallest absolute Gasteiger partial charge is 0.376 e. The van der Waals surface area contributed by atoms with E-state index in [1.807, 2.05) is 24.3 Å². The van der Waals surface area contributed by atoms with Gasteiger partial charge in [-0.05, 0) is 22.3 Å². The van der Waals surface area contributed by atoms with Crippen molar-refractivity contribution >= 4 is 17.1 Å². The summed E-state index contributed by atoms with van der Waals surface area (Å²) in [4.78, 5) is 27.5. The number of nitrogens with zero attached hydrogens (tertiary/aromatic N) is 3. The summed E-state index contributed by atoms with van der Waals surface area (Å²) in [5.74, 6) is -0.513. The molecule has 5 rings (SSSR count). The summed E-state index contributed by atoms with van der Waals surface area (Å²) in [6, 6.07) is 16.4. The Kier molecular flexibility index (Phi) is 3.28. The summed E-state index contributed by atoms with van der Waals surface area (Å²) in [5.41, 5.74) is 5.86. The Morgan fingerprint density at radius 2 is 1.69 bits per heavy atom. The molecular formula is C20H14N4O2. The molecule has 0 unspecified atom stereocenters. The highest BCUT2D eigenvalue weighted by molar-refractivity contribution is 5.87. The Balaban J connectivity index is 1.42. The molecule has 0 saturated carbocycles. The number of rotatable bonds is 3. The molecule has 1 aliphatic carbocycles. The maximum Gasteiger partial charge on any atom is 0.376 e. The van der Waals surface area contributed by atoms with Gasteiger partial charge in [0.25, 0.3) is 0 Å². The number of imidazole rings is 1. The van der Waals surface area contributed by atoms with Crippen molar-refractivity contribution in [3.05, 3.63) is 78.0 Å². The number of aromatic nitrogens is 4. The lowest BCUT2D eigenvalue weighted by Crippen LogP contribution is -2.15. The maximum atomic E-state index is 12.4. The fourth-order valence-electron chi connectivity index (χ4n) is 3.50. The second-order valence-electron chi connectivity index (χ2n) is 6.16. The number of fused-ring (bicyclic) bond motifs is 4. The third-order valence-electron chi connectivity index (χ3n) is 4.70. The van der Waals surface area contributed by atoms with Crippen LogP contribution in [0.25, 0.3) is 22.3 Å². The van der Waals surface area contributed by atoms with Gasteiger partial charge in [-0.1, -0.05) is 48.5 Å². The molecule has 2 aromatic heterocycles. The molecule has 0 fully saturated rings. The van der Waals surface area contributed by atoms with Gasteiger partial charge in [0.1, 0.15) is 12.1 Å². The number of benzene rings is 2. The van der Waals surface area contributed by atoms with Crippen LogP contribution in [-0.2, 0) is 4.74 Å². The van der Waals surface area contributed by atoms with Crippen molar-refractivity contribution < 1.29 is 9.53 Å². The lowest BCUT2D eigenvalue weighted by Gasteiger charge is -2.13. The Labute approximate surface area is 148 Å². The second kappa shape index (κ2) is 5.77. The average molecular weight is 342 g/mol. The number of carbonyl (C=O) groups excluding carboxylic acids is 1. The fourth-order valence-corrected chi connectivity index (χ4v) is 3.50. The van der Waals surface area contributed by atoms with Gasteiger partial charge < -0.3 is 9.72 Å². The highest BCUT2D eigenvalue weighted by Gasteiger charge is 2.29. The van der Waals surface area contributed by atoms with Crippen LogP contribution in [0.3, 0.4) is 0 Å². The lowest BCUT2D eigenvalue weighted by molar-refractivity contribution is 0.0479. The zero-order chi connectivity index (χ0) is 17.5. The summed E-state index contributed by atoms with van der Waals surface area (Å²) in [7, 11) is 0. The number of nitrogens with one attached hydrogen (secondary N) is 1. The van der Waals surface area contributed by atoms with Crippen molar-refractivity contribution in [1.82, 2.24) is 19.9 Å². The van der Waals surface area contributed by atoms with E-state index in [1.165, 1.54) is 34.8 Å². The van der Waals surface area contributed by atoms with Gasteiger partial charge in [0.05, 0.1) is 12.5 Å². The van der Waals surface area contributed by atoms with E-state index < -0.39 is 5.97 Å². The molecule has 0 saturated heterocycles. The van der Waals surface area contributed by atoms with Crippen molar-refractivity contribution in [2.45, 2.75) is 5.92 Å². The van der Waals surface area contributed by atoms with Crippen LogP contribution in [0.15, 0.2) is 61.1 Å². The molecular weight excluding hydrogens is 328 g/mol. The van der Waals surface area contributed by atoms with Gasteiger partial charge in [0.2, 0.25) is 5.82 Å². The molecule has 2 aromatic carbocycles. The zero-order valence-electron chi connectivity index (χ0n) is 13.7. The van der Waals surface area contributed by atoms with Crippen molar-refractivity contribution in [3.63, 3.8) is 0 Å². The standard InChI is InChI=1S/C20H14N4O2/c25-20(19-21-9-17-18(24-19)23-11-22-17)26-10-16-14-7-3-1-5-12(14)13-6-2-4-8-15(13)16/h1-9,11,16H,10H2,(H,21,22,23,24). The molecule has 0 bridgehead atoms. The van der Waals surface area contributed by atoms with Crippen LogP contribution >= 0.6 is 0 Å². The molecule has 0 aliphatic heterocycles. The van der Waals surface area contributed by atoms with E-state index >= 15 is 0 Å².